The van der Waals surface area contributed by atoms with Crippen LogP contribution in [0.3, 0.4) is 0 Å². The molecule has 0 aliphatic heterocycles. The lowest BCUT2D eigenvalue weighted by molar-refractivity contribution is -0.116. The minimum atomic E-state index is -0.0967. The Bertz CT molecular complexity index is 378. The highest BCUT2D eigenvalue weighted by atomic mass is 16.1. The van der Waals surface area contributed by atoms with E-state index < -0.39 is 0 Å². The maximum absolute atomic E-state index is 11.5. The lowest BCUT2D eigenvalue weighted by Crippen LogP contribution is -2.05. The molecule has 0 saturated carbocycles. The van der Waals surface area contributed by atoms with Crippen molar-refractivity contribution in [1.82, 2.24) is 0 Å². The third-order valence-electron chi connectivity index (χ3n) is 2.24. The topological polar surface area (TPSA) is 34.1 Å². The monoisotopic (exact) mass is 190 g/mol. The molecule has 1 aromatic carbocycles. The molecule has 2 heteroatoms. The number of Topliss-reactive ketones (excluding diaryl/α,β-unsaturated/α-hetero) is 2. The van der Waals surface area contributed by atoms with Crippen molar-refractivity contribution in [2.75, 3.05) is 0 Å². The van der Waals surface area contributed by atoms with Crippen LogP contribution < -0.4 is 0 Å². The first-order valence-electron chi connectivity index (χ1n) is 4.60. The van der Waals surface area contributed by atoms with Crippen LogP contribution in [0.15, 0.2) is 18.2 Å². The molecular formula is C12H14O2. The van der Waals surface area contributed by atoms with Crippen LogP contribution in [0, 0.1) is 13.8 Å². The van der Waals surface area contributed by atoms with Crippen molar-refractivity contribution in [1.29, 1.82) is 0 Å². The molecule has 74 valence electrons. The first kappa shape index (κ1) is 10.6. The lowest BCUT2D eigenvalue weighted by Gasteiger charge is -2.02. The van der Waals surface area contributed by atoms with Gasteiger partial charge in [0.15, 0.2) is 5.78 Å². The Morgan fingerprint density at radius 1 is 1.14 bits per heavy atom. The maximum atomic E-state index is 11.5. The third-order valence-corrected chi connectivity index (χ3v) is 2.24. The number of aryl methyl sites for hydroxylation is 2. The van der Waals surface area contributed by atoms with Crippen LogP contribution in [0.25, 0.3) is 0 Å². The highest BCUT2D eigenvalue weighted by Crippen LogP contribution is 2.11. The van der Waals surface area contributed by atoms with Crippen LogP contribution in [-0.2, 0) is 4.79 Å². The number of hydrogen-bond acceptors (Lipinski definition) is 2. The Morgan fingerprint density at radius 3 is 2.29 bits per heavy atom. The van der Waals surface area contributed by atoms with E-state index in [1.165, 1.54) is 6.92 Å². The summed E-state index contributed by atoms with van der Waals surface area (Å²) in [4.78, 5) is 22.3. The van der Waals surface area contributed by atoms with E-state index in [1.54, 1.807) is 6.07 Å². The molecule has 0 saturated heterocycles. The number of carbonyl (C=O) groups is 2. The van der Waals surface area contributed by atoms with Crippen molar-refractivity contribution in [3.05, 3.63) is 34.9 Å². The van der Waals surface area contributed by atoms with Crippen LogP contribution in [0.4, 0.5) is 0 Å². The van der Waals surface area contributed by atoms with E-state index in [0.717, 1.165) is 11.1 Å². The highest BCUT2D eigenvalue weighted by molar-refractivity contribution is 6.07. The number of hydrogen-bond donors (Lipinski definition) is 0. The van der Waals surface area contributed by atoms with Gasteiger partial charge in [0, 0.05) is 5.56 Å². The second-order valence-electron chi connectivity index (χ2n) is 3.60. The molecule has 0 amide bonds. The van der Waals surface area contributed by atoms with Gasteiger partial charge in [-0.3, -0.25) is 9.59 Å². The lowest BCUT2D eigenvalue weighted by atomic mass is 10.0. The molecule has 0 heterocycles. The largest absolute Gasteiger partial charge is 0.300 e. The molecule has 1 rings (SSSR count). The zero-order chi connectivity index (χ0) is 10.7. The van der Waals surface area contributed by atoms with Gasteiger partial charge < -0.3 is 0 Å². The zero-order valence-electron chi connectivity index (χ0n) is 8.76. The first-order chi connectivity index (χ1) is 6.50. The molecule has 0 unspecified atom stereocenters. The van der Waals surface area contributed by atoms with Crippen molar-refractivity contribution in [3.63, 3.8) is 0 Å². The number of ketones is 2. The van der Waals surface area contributed by atoms with E-state index >= 15 is 0 Å². The average Bonchev–Trinajstić information content (AvgIpc) is 2.08. The molecule has 0 aliphatic rings. The summed E-state index contributed by atoms with van der Waals surface area (Å²) in [6.45, 7) is 5.38. The fraction of sp³-hybridized carbons (Fsp3) is 0.333. The van der Waals surface area contributed by atoms with Crippen LogP contribution in [0.1, 0.15) is 34.8 Å². The molecule has 0 fully saturated rings. The Morgan fingerprint density at radius 2 is 1.79 bits per heavy atom. The molecule has 0 bridgehead atoms. The van der Waals surface area contributed by atoms with Gasteiger partial charge in [-0.15, -0.1) is 0 Å². The van der Waals surface area contributed by atoms with Gasteiger partial charge >= 0.3 is 0 Å². The Labute approximate surface area is 83.9 Å². The summed E-state index contributed by atoms with van der Waals surface area (Å²) >= 11 is 0. The van der Waals surface area contributed by atoms with E-state index in [1.807, 2.05) is 26.0 Å². The number of carbonyl (C=O) groups excluding carboxylic acids is 2. The van der Waals surface area contributed by atoms with Gasteiger partial charge in [0.05, 0.1) is 6.42 Å². The summed E-state index contributed by atoms with van der Waals surface area (Å²) < 4.78 is 0. The van der Waals surface area contributed by atoms with Crippen molar-refractivity contribution < 1.29 is 9.59 Å². The predicted octanol–water partition coefficient (Wildman–Crippen LogP) is 2.47. The Hall–Kier alpha value is -1.44. The van der Waals surface area contributed by atoms with Crippen LogP contribution in [-0.4, -0.2) is 11.6 Å². The Balaban J connectivity index is 2.91. The second kappa shape index (κ2) is 4.18. The molecule has 0 aliphatic carbocycles. The van der Waals surface area contributed by atoms with Gasteiger partial charge in [-0.1, -0.05) is 12.1 Å². The molecule has 0 spiro atoms. The van der Waals surface area contributed by atoms with Gasteiger partial charge in [-0.05, 0) is 38.0 Å². The van der Waals surface area contributed by atoms with Crippen LogP contribution >= 0.6 is 0 Å². The van der Waals surface area contributed by atoms with E-state index in [-0.39, 0.29) is 18.0 Å². The summed E-state index contributed by atoms with van der Waals surface area (Å²) in [6.07, 6.45) is 0.00248. The molecule has 0 atom stereocenters. The van der Waals surface area contributed by atoms with Gasteiger partial charge in [0.2, 0.25) is 0 Å². The quantitative estimate of drug-likeness (QED) is 0.542. The standard InChI is InChI=1S/C12H14O2/c1-8-4-5-11(6-9(8)2)12(14)7-10(3)13/h4-6H,7H2,1-3H3. The van der Waals surface area contributed by atoms with Gasteiger partial charge in [-0.25, -0.2) is 0 Å². The SMILES string of the molecule is CC(=O)CC(=O)c1ccc(C)c(C)c1. The summed E-state index contributed by atoms with van der Waals surface area (Å²) in [7, 11) is 0. The summed E-state index contributed by atoms with van der Waals surface area (Å²) in [5.74, 6) is -0.186. The minimum Gasteiger partial charge on any atom is -0.300 e. The zero-order valence-corrected chi connectivity index (χ0v) is 8.76. The number of benzene rings is 1. The second-order valence-corrected chi connectivity index (χ2v) is 3.60. The van der Waals surface area contributed by atoms with Crippen molar-refractivity contribution in [2.45, 2.75) is 27.2 Å². The first-order valence-corrected chi connectivity index (χ1v) is 4.60. The van der Waals surface area contributed by atoms with Crippen molar-refractivity contribution in [3.8, 4) is 0 Å². The smallest absolute Gasteiger partial charge is 0.170 e. The van der Waals surface area contributed by atoms with E-state index in [2.05, 4.69) is 0 Å². The molecule has 1 aromatic rings. The predicted molar refractivity (Wildman–Crippen MR) is 55.5 cm³/mol. The number of rotatable bonds is 3. The minimum absolute atomic E-state index is 0.00248. The molecular weight excluding hydrogens is 176 g/mol. The van der Waals surface area contributed by atoms with Gasteiger partial charge in [0.25, 0.3) is 0 Å². The third kappa shape index (κ3) is 2.52. The van der Waals surface area contributed by atoms with Crippen LogP contribution in [0.2, 0.25) is 0 Å². The molecule has 0 aromatic heterocycles. The molecule has 0 radical (unpaired) electrons. The van der Waals surface area contributed by atoms with Crippen LogP contribution in [0.5, 0.6) is 0 Å². The average molecular weight is 190 g/mol. The Kier molecular flexibility index (Phi) is 3.18. The van der Waals surface area contributed by atoms with Crippen molar-refractivity contribution in [2.24, 2.45) is 0 Å². The van der Waals surface area contributed by atoms with E-state index in [9.17, 15) is 9.59 Å². The molecule has 2 nitrogen and oxygen atoms in total. The van der Waals surface area contributed by atoms with E-state index in [4.69, 9.17) is 0 Å². The fourth-order valence-electron chi connectivity index (χ4n) is 1.24. The fourth-order valence-corrected chi connectivity index (χ4v) is 1.24. The van der Waals surface area contributed by atoms with Crippen molar-refractivity contribution >= 4 is 11.6 Å². The molecule has 14 heavy (non-hydrogen) atoms. The summed E-state index contributed by atoms with van der Waals surface area (Å²) in [6, 6.07) is 5.51. The van der Waals surface area contributed by atoms with Gasteiger partial charge in [-0.2, -0.15) is 0 Å². The van der Waals surface area contributed by atoms with E-state index in [0.29, 0.717) is 5.56 Å². The summed E-state index contributed by atoms with van der Waals surface area (Å²) in [5, 5.41) is 0. The highest BCUT2D eigenvalue weighted by Gasteiger charge is 2.08. The molecule has 0 N–H and O–H groups in total. The van der Waals surface area contributed by atoms with Gasteiger partial charge in [0.1, 0.15) is 5.78 Å². The summed E-state index contributed by atoms with van der Waals surface area (Å²) in [5.41, 5.74) is 2.87. The normalized spacial score (nSPS) is 9.93. The maximum Gasteiger partial charge on any atom is 0.170 e.